The lowest BCUT2D eigenvalue weighted by Gasteiger charge is -2.37. The molecular formula is C28H38N2O11. The van der Waals surface area contributed by atoms with E-state index in [2.05, 4.69) is 11.1 Å². The molecular weight excluding hydrogens is 540 g/mol. The maximum Gasteiger partial charge on any atom is 0.335 e. The number of methoxy groups -OCH3 is 2. The molecule has 13 heteroatoms. The molecule has 1 aliphatic heterocycles. The van der Waals surface area contributed by atoms with Gasteiger partial charge in [-0.2, -0.15) is 0 Å². The van der Waals surface area contributed by atoms with Crippen molar-refractivity contribution in [3.8, 4) is 17.4 Å². The number of aliphatic carboxylic acids is 1. The van der Waals surface area contributed by atoms with E-state index in [1.807, 2.05) is 25.1 Å². The zero-order valence-electron chi connectivity index (χ0n) is 23.1. The lowest BCUT2D eigenvalue weighted by atomic mass is 9.74. The van der Waals surface area contributed by atoms with E-state index in [1.165, 1.54) is 0 Å². The van der Waals surface area contributed by atoms with Crippen molar-refractivity contribution in [1.29, 1.82) is 0 Å². The van der Waals surface area contributed by atoms with E-state index in [1.54, 1.807) is 20.4 Å². The molecule has 7 atom stereocenters. The number of ether oxygens (including phenoxy) is 3. The molecule has 1 saturated carbocycles. The third-order valence-electron chi connectivity index (χ3n) is 7.10. The van der Waals surface area contributed by atoms with Crippen molar-refractivity contribution in [2.45, 2.75) is 68.7 Å². The third-order valence-corrected chi connectivity index (χ3v) is 7.10. The number of aliphatic hydroxyl groups is 6. The highest BCUT2D eigenvalue weighted by Crippen LogP contribution is 2.45. The molecule has 7 N–H and O–H groups in total. The van der Waals surface area contributed by atoms with Crippen LogP contribution < -0.4 is 14.2 Å². The van der Waals surface area contributed by atoms with Gasteiger partial charge >= 0.3 is 5.97 Å². The number of pyridine rings is 1. The molecule has 2 aromatic rings. The molecule has 1 fully saturated rings. The summed E-state index contributed by atoms with van der Waals surface area (Å²) in [4.78, 5) is 19.5. The van der Waals surface area contributed by atoms with Gasteiger partial charge in [-0.15, -0.1) is 0 Å². The quantitative estimate of drug-likeness (QED) is 0.196. The highest BCUT2D eigenvalue weighted by molar-refractivity contribution is 6.14. The van der Waals surface area contributed by atoms with Crippen molar-refractivity contribution >= 4 is 11.7 Å². The number of aliphatic hydroxyl groups excluding tert-OH is 6. The first-order valence-corrected chi connectivity index (χ1v) is 13.2. The molecule has 41 heavy (non-hydrogen) atoms. The zero-order chi connectivity index (χ0) is 30.3. The molecule has 1 aromatic carbocycles. The van der Waals surface area contributed by atoms with Gasteiger partial charge in [0, 0.05) is 29.3 Å². The summed E-state index contributed by atoms with van der Waals surface area (Å²) in [6, 6.07) is 8.05. The second-order valence-electron chi connectivity index (χ2n) is 9.75. The van der Waals surface area contributed by atoms with Crippen LogP contribution in [0.5, 0.6) is 17.4 Å². The van der Waals surface area contributed by atoms with E-state index < -0.39 is 37.0 Å². The normalized spacial score (nSPS) is 22.4. The van der Waals surface area contributed by atoms with Gasteiger partial charge in [0.25, 0.3) is 0 Å². The largest absolute Gasteiger partial charge is 0.493 e. The molecule has 1 aliphatic carbocycles. The minimum atomic E-state index is -2.20. The van der Waals surface area contributed by atoms with Crippen LogP contribution in [0.2, 0.25) is 0 Å². The van der Waals surface area contributed by atoms with Crippen LogP contribution in [-0.4, -0.2) is 116 Å². The Bertz CT molecular complexity index is 1190. The van der Waals surface area contributed by atoms with Crippen molar-refractivity contribution in [3.63, 3.8) is 0 Å². The Morgan fingerprint density at radius 1 is 1.05 bits per heavy atom. The fourth-order valence-corrected chi connectivity index (χ4v) is 4.91. The van der Waals surface area contributed by atoms with Crippen LogP contribution in [0.4, 0.5) is 0 Å². The third kappa shape index (κ3) is 7.50. The number of hydrogen-bond acceptors (Lipinski definition) is 12. The number of carboxylic acid groups (broad SMARTS) is 1. The topological polar surface area (TPSA) is 212 Å². The molecule has 4 rings (SSSR count). The van der Waals surface area contributed by atoms with Gasteiger partial charge in [-0.05, 0) is 49.9 Å². The van der Waals surface area contributed by atoms with Gasteiger partial charge in [0.15, 0.2) is 17.6 Å². The molecule has 226 valence electrons. The lowest BCUT2D eigenvalue weighted by molar-refractivity contribution is -0.164. The number of benzene rings is 1. The first kappa shape index (κ1) is 32.2. The first-order chi connectivity index (χ1) is 19.6. The fourth-order valence-electron chi connectivity index (χ4n) is 4.91. The van der Waals surface area contributed by atoms with Gasteiger partial charge in [-0.25, -0.2) is 9.78 Å². The first-order valence-electron chi connectivity index (χ1n) is 13.2. The van der Waals surface area contributed by atoms with Crippen molar-refractivity contribution in [1.82, 2.24) is 4.98 Å². The van der Waals surface area contributed by atoms with Crippen molar-refractivity contribution in [3.05, 3.63) is 47.2 Å². The average Bonchev–Trinajstić information content (AvgIpc) is 2.99. The van der Waals surface area contributed by atoms with Crippen molar-refractivity contribution in [2.75, 3.05) is 27.4 Å². The number of carboxylic acids is 1. The Morgan fingerprint density at radius 2 is 1.78 bits per heavy atom. The number of hydrogen-bond donors (Lipinski definition) is 7. The van der Waals surface area contributed by atoms with E-state index in [-0.39, 0.29) is 18.1 Å². The summed E-state index contributed by atoms with van der Waals surface area (Å²) in [5.74, 6) is 0.445. The second kappa shape index (κ2) is 14.5. The Hall–Kier alpha value is -3.33. The Kier molecular flexibility index (Phi) is 11.4. The summed E-state index contributed by atoms with van der Waals surface area (Å²) < 4.78 is 16.6. The summed E-state index contributed by atoms with van der Waals surface area (Å²) in [5, 5.41) is 62.1. The minimum Gasteiger partial charge on any atom is -0.493 e. The highest BCUT2D eigenvalue weighted by atomic mass is 16.5. The lowest BCUT2D eigenvalue weighted by Crippen LogP contribution is -2.48. The van der Waals surface area contributed by atoms with Crippen molar-refractivity contribution < 1.29 is 54.8 Å². The standard InChI is InChI=1S/C22H26N2O4.C6H12O7/c1-4-28-20-10-15-16-9-14(25)6-7-18(16)24-22(17(15)11-19(20)26-2)13-5-8-21(27-3)23-12-13;7-1-2(8)3(9)4(10)5(11)6(12)13/h5,8,10-12,14,16,18,25H,4,6-7,9H2,1-3H3;2-5,7-11H,1H2,(H,12,13)/t14-,16-,18-;2-,3-,4+,5-/m11/s1. The van der Waals surface area contributed by atoms with E-state index >= 15 is 0 Å². The monoisotopic (exact) mass is 578 g/mol. The van der Waals surface area contributed by atoms with Gasteiger partial charge in [-0.1, -0.05) is 0 Å². The Labute approximate surface area is 237 Å². The Morgan fingerprint density at radius 3 is 2.34 bits per heavy atom. The number of fused-ring (bicyclic) bond motifs is 3. The summed E-state index contributed by atoms with van der Waals surface area (Å²) in [6.45, 7) is 1.68. The number of aromatic nitrogens is 1. The van der Waals surface area contributed by atoms with Crippen LogP contribution in [-0.2, 0) is 4.79 Å². The molecule has 0 spiro atoms. The van der Waals surface area contributed by atoms with Crippen LogP contribution in [0.3, 0.4) is 0 Å². The van der Waals surface area contributed by atoms with Crippen LogP contribution in [0, 0.1) is 0 Å². The summed E-state index contributed by atoms with van der Waals surface area (Å²) in [6.07, 6.45) is -3.96. The molecule has 0 radical (unpaired) electrons. The molecule has 0 bridgehead atoms. The van der Waals surface area contributed by atoms with E-state index in [0.29, 0.717) is 24.7 Å². The summed E-state index contributed by atoms with van der Waals surface area (Å²) in [5.41, 5.74) is 4.03. The van der Waals surface area contributed by atoms with Crippen LogP contribution >= 0.6 is 0 Å². The number of aliphatic imine (C=N–C) groups is 1. The SMILES string of the molecule is CCOc1cc2c(cc1OC)C(c1ccc(OC)nc1)=N[C@@H]1CC[C@@H](O)C[C@H]21.O=C(O)[C@H](O)[C@@H](O)[C@H](O)[C@H](O)CO. The summed E-state index contributed by atoms with van der Waals surface area (Å²) in [7, 11) is 3.25. The van der Waals surface area contributed by atoms with Crippen LogP contribution in [0.15, 0.2) is 35.5 Å². The molecule has 1 aromatic heterocycles. The Balaban J connectivity index is 0.000000302. The van der Waals surface area contributed by atoms with Crippen molar-refractivity contribution in [2.24, 2.45) is 4.99 Å². The smallest absolute Gasteiger partial charge is 0.335 e. The van der Waals surface area contributed by atoms with E-state index in [0.717, 1.165) is 41.0 Å². The zero-order valence-corrected chi connectivity index (χ0v) is 23.1. The van der Waals surface area contributed by atoms with Gasteiger partial charge in [0.2, 0.25) is 5.88 Å². The van der Waals surface area contributed by atoms with E-state index in [4.69, 9.17) is 49.8 Å². The van der Waals surface area contributed by atoms with Gasteiger partial charge in [-0.3, -0.25) is 4.99 Å². The highest BCUT2D eigenvalue weighted by Gasteiger charge is 2.37. The van der Waals surface area contributed by atoms with E-state index in [9.17, 15) is 9.90 Å². The second-order valence-corrected chi connectivity index (χ2v) is 9.75. The maximum absolute atomic E-state index is 10.3. The number of rotatable bonds is 10. The van der Waals surface area contributed by atoms with Gasteiger partial charge in [0.1, 0.15) is 18.3 Å². The molecule has 0 amide bonds. The average molecular weight is 579 g/mol. The summed E-state index contributed by atoms with van der Waals surface area (Å²) >= 11 is 0. The fraction of sp³-hybridized carbons (Fsp3) is 0.536. The number of carbonyl (C=O) groups is 1. The molecule has 2 heterocycles. The molecule has 0 unspecified atom stereocenters. The minimum absolute atomic E-state index is 0.149. The van der Waals surface area contributed by atoms with Gasteiger partial charge in [0.05, 0.1) is 45.3 Å². The maximum atomic E-state index is 10.3. The predicted octanol–water partition coefficient (Wildman–Crippen LogP) is -0.148. The molecule has 13 nitrogen and oxygen atoms in total. The van der Waals surface area contributed by atoms with Crippen LogP contribution in [0.1, 0.15) is 48.8 Å². The molecule has 2 aliphatic rings. The predicted molar refractivity (Wildman–Crippen MR) is 146 cm³/mol. The number of nitrogens with zero attached hydrogens (tertiary/aromatic N) is 2. The molecule has 0 saturated heterocycles. The van der Waals surface area contributed by atoms with Crippen LogP contribution in [0.25, 0.3) is 0 Å². The van der Waals surface area contributed by atoms with Gasteiger partial charge < -0.3 is 50.0 Å².